The fourth-order valence-electron chi connectivity index (χ4n) is 2.56. The van der Waals surface area contributed by atoms with Crippen molar-refractivity contribution >= 4 is 21.7 Å². The van der Waals surface area contributed by atoms with Crippen LogP contribution in [0.5, 0.6) is 0 Å². The summed E-state index contributed by atoms with van der Waals surface area (Å²) in [6.07, 6.45) is 1.51. The van der Waals surface area contributed by atoms with Crippen molar-refractivity contribution < 1.29 is 23.1 Å². The molecule has 0 radical (unpaired) electrons. The normalized spacial score (nSPS) is 12.3. The maximum atomic E-state index is 12.4. The Bertz CT molecular complexity index is 876. The Labute approximate surface area is 159 Å². The van der Waals surface area contributed by atoms with Gasteiger partial charge in [0.1, 0.15) is 6.04 Å². The van der Waals surface area contributed by atoms with Gasteiger partial charge in [-0.3, -0.25) is 4.79 Å². The van der Waals surface area contributed by atoms with Crippen LogP contribution in [0.25, 0.3) is 0 Å². The summed E-state index contributed by atoms with van der Waals surface area (Å²) in [5.74, 6) is -1.63. The first-order valence-corrected chi connectivity index (χ1v) is 10.4. The molecule has 0 bridgehead atoms. The van der Waals surface area contributed by atoms with E-state index in [9.17, 15) is 23.1 Å². The van der Waals surface area contributed by atoms with E-state index in [0.717, 1.165) is 12.0 Å². The topological polar surface area (TPSA) is 101 Å². The Morgan fingerprint density at radius 2 is 1.67 bits per heavy atom. The Morgan fingerprint density at radius 1 is 1.04 bits per heavy atom. The molecular weight excluding hydrogens is 366 g/mol. The summed E-state index contributed by atoms with van der Waals surface area (Å²) in [4.78, 5) is 24.0. The minimum absolute atomic E-state index is 0.0627. The van der Waals surface area contributed by atoms with Crippen molar-refractivity contribution in [3.05, 3.63) is 65.7 Å². The molecule has 0 spiro atoms. The molecule has 0 aliphatic carbocycles. The molecule has 2 rings (SSSR count). The second-order valence-electron chi connectivity index (χ2n) is 6.25. The molecule has 0 aliphatic heterocycles. The maximum Gasteiger partial charge on any atom is 0.326 e. The van der Waals surface area contributed by atoms with Crippen LogP contribution in [-0.2, 0) is 21.1 Å². The fraction of sp³-hybridized carbons (Fsp3) is 0.300. The van der Waals surface area contributed by atoms with Gasteiger partial charge in [-0.15, -0.1) is 0 Å². The third-order valence-electron chi connectivity index (χ3n) is 4.13. The van der Waals surface area contributed by atoms with Gasteiger partial charge in [-0.2, -0.15) is 0 Å². The van der Waals surface area contributed by atoms with E-state index in [1.807, 2.05) is 13.0 Å². The lowest BCUT2D eigenvalue weighted by Gasteiger charge is -2.15. The van der Waals surface area contributed by atoms with Gasteiger partial charge in [-0.05, 0) is 36.2 Å². The van der Waals surface area contributed by atoms with E-state index in [4.69, 9.17) is 0 Å². The van der Waals surface area contributed by atoms with Crippen molar-refractivity contribution in [3.8, 4) is 0 Å². The Balaban J connectivity index is 2.08. The van der Waals surface area contributed by atoms with E-state index < -0.39 is 27.8 Å². The zero-order valence-corrected chi connectivity index (χ0v) is 15.9. The maximum absolute atomic E-state index is 12.4. The second kappa shape index (κ2) is 9.32. The molecule has 27 heavy (non-hydrogen) atoms. The molecule has 2 aromatic rings. The average molecular weight is 389 g/mol. The highest BCUT2D eigenvalue weighted by Crippen LogP contribution is 2.14. The van der Waals surface area contributed by atoms with Gasteiger partial charge >= 0.3 is 5.97 Å². The lowest BCUT2D eigenvalue weighted by molar-refractivity contribution is -0.139. The molecule has 144 valence electrons. The van der Waals surface area contributed by atoms with Gasteiger partial charge in [0.15, 0.2) is 9.84 Å². The number of carbonyl (C=O) groups excluding carboxylic acids is 1. The van der Waals surface area contributed by atoms with Crippen LogP contribution in [0.1, 0.15) is 35.7 Å². The van der Waals surface area contributed by atoms with Crippen molar-refractivity contribution in [1.82, 2.24) is 5.32 Å². The van der Waals surface area contributed by atoms with Gasteiger partial charge in [0.05, 0.1) is 10.6 Å². The van der Waals surface area contributed by atoms with Gasteiger partial charge in [0.25, 0.3) is 5.91 Å². The number of benzene rings is 2. The van der Waals surface area contributed by atoms with Crippen LogP contribution in [0.2, 0.25) is 0 Å². The molecule has 1 atom stereocenters. The Kier molecular flexibility index (Phi) is 7.12. The predicted molar refractivity (Wildman–Crippen MR) is 102 cm³/mol. The van der Waals surface area contributed by atoms with Gasteiger partial charge in [0.2, 0.25) is 0 Å². The number of hydrogen-bond donors (Lipinski definition) is 2. The minimum Gasteiger partial charge on any atom is -0.480 e. The predicted octanol–water partition coefficient (Wildman–Crippen LogP) is 2.69. The lowest BCUT2D eigenvalue weighted by Crippen LogP contribution is -2.42. The summed E-state index contributed by atoms with van der Waals surface area (Å²) < 4.78 is 24.3. The van der Waals surface area contributed by atoms with Crippen LogP contribution in [0.15, 0.2) is 59.5 Å². The Hall–Kier alpha value is -2.67. The van der Waals surface area contributed by atoms with Crippen molar-refractivity contribution in [1.29, 1.82) is 0 Å². The molecule has 2 N–H and O–H groups in total. The van der Waals surface area contributed by atoms with Gasteiger partial charge in [0, 0.05) is 12.0 Å². The van der Waals surface area contributed by atoms with Crippen LogP contribution in [0.3, 0.4) is 0 Å². The van der Waals surface area contributed by atoms with Crippen LogP contribution in [0.4, 0.5) is 0 Å². The number of amides is 1. The summed E-state index contributed by atoms with van der Waals surface area (Å²) in [5, 5.41) is 11.9. The highest BCUT2D eigenvalue weighted by atomic mass is 32.2. The second-order valence-corrected chi connectivity index (χ2v) is 8.36. The van der Waals surface area contributed by atoms with Crippen molar-refractivity contribution in [2.24, 2.45) is 0 Å². The van der Waals surface area contributed by atoms with Gasteiger partial charge in [-0.1, -0.05) is 43.7 Å². The van der Waals surface area contributed by atoms with Gasteiger partial charge in [-0.25, -0.2) is 13.2 Å². The smallest absolute Gasteiger partial charge is 0.326 e. The third-order valence-corrected chi connectivity index (χ3v) is 5.94. The molecule has 0 saturated carbocycles. The lowest BCUT2D eigenvalue weighted by atomic mass is 10.1. The highest BCUT2D eigenvalue weighted by Gasteiger charge is 2.21. The molecule has 0 fully saturated rings. The number of aliphatic carboxylic acids is 1. The van der Waals surface area contributed by atoms with Gasteiger partial charge < -0.3 is 10.4 Å². The van der Waals surface area contributed by atoms with E-state index in [1.54, 1.807) is 24.3 Å². The van der Waals surface area contributed by atoms with Crippen LogP contribution < -0.4 is 5.32 Å². The average Bonchev–Trinajstić information content (AvgIpc) is 2.66. The number of carbonyl (C=O) groups is 2. The van der Waals surface area contributed by atoms with E-state index in [2.05, 4.69) is 5.32 Å². The molecule has 1 amide bonds. The standard InChI is InChI=1S/C20H23NO5S/c1-2-3-13-27(25,26)17-11-9-16(10-12-17)19(22)21-18(20(23)24)14-15-7-5-4-6-8-15/h4-12,18H,2-3,13-14H2,1H3,(H,21,22)(H,23,24). The molecule has 6 nitrogen and oxygen atoms in total. The summed E-state index contributed by atoms with van der Waals surface area (Å²) >= 11 is 0. The van der Waals surface area contributed by atoms with E-state index in [1.165, 1.54) is 24.3 Å². The molecule has 0 aliphatic rings. The first-order chi connectivity index (χ1) is 12.8. The number of rotatable bonds is 9. The van der Waals surface area contributed by atoms with Crippen molar-refractivity contribution in [2.75, 3.05) is 5.75 Å². The number of hydrogen-bond acceptors (Lipinski definition) is 4. The van der Waals surface area contributed by atoms with E-state index >= 15 is 0 Å². The van der Waals surface area contributed by atoms with E-state index in [0.29, 0.717) is 6.42 Å². The van der Waals surface area contributed by atoms with Crippen LogP contribution in [0, 0.1) is 0 Å². The quantitative estimate of drug-likeness (QED) is 0.687. The number of nitrogens with one attached hydrogen (secondary N) is 1. The van der Waals surface area contributed by atoms with E-state index in [-0.39, 0.29) is 22.6 Å². The summed E-state index contributed by atoms with van der Waals surface area (Å²) in [6.45, 7) is 1.91. The molecule has 7 heteroatoms. The van der Waals surface area contributed by atoms with Crippen LogP contribution in [-0.4, -0.2) is 37.2 Å². The Morgan fingerprint density at radius 3 is 2.22 bits per heavy atom. The zero-order valence-electron chi connectivity index (χ0n) is 15.1. The minimum atomic E-state index is -3.37. The number of carboxylic acid groups (broad SMARTS) is 1. The largest absolute Gasteiger partial charge is 0.480 e. The number of carboxylic acids is 1. The first-order valence-electron chi connectivity index (χ1n) is 8.74. The molecular formula is C20H23NO5S. The summed E-state index contributed by atoms with van der Waals surface area (Å²) in [6, 6.07) is 13.5. The van der Waals surface area contributed by atoms with Crippen LogP contribution >= 0.6 is 0 Å². The number of unbranched alkanes of at least 4 members (excludes halogenated alkanes) is 1. The van der Waals surface area contributed by atoms with Crippen molar-refractivity contribution in [2.45, 2.75) is 37.1 Å². The summed E-state index contributed by atoms with van der Waals surface area (Å²) in [5.41, 5.74) is 1.01. The molecule has 1 unspecified atom stereocenters. The molecule has 0 saturated heterocycles. The molecule has 0 heterocycles. The van der Waals surface area contributed by atoms with Crippen molar-refractivity contribution in [3.63, 3.8) is 0 Å². The number of sulfone groups is 1. The monoisotopic (exact) mass is 389 g/mol. The molecule has 0 aromatic heterocycles. The first kappa shape index (κ1) is 20.6. The summed E-state index contributed by atoms with van der Waals surface area (Å²) in [7, 11) is -3.37. The molecule has 2 aromatic carbocycles. The fourth-order valence-corrected chi connectivity index (χ4v) is 4.01. The SMILES string of the molecule is CCCCS(=O)(=O)c1ccc(C(=O)NC(Cc2ccccc2)C(=O)O)cc1. The zero-order chi connectivity index (χ0) is 19.9. The highest BCUT2D eigenvalue weighted by molar-refractivity contribution is 7.91. The third kappa shape index (κ3) is 5.92.